The molecule has 0 heterocycles. The molecule has 0 saturated heterocycles. The zero-order valence-corrected chi connectivity index (χ0v) is 8.46. The maximum atomic E-state index is 12.5. The summed E-state index contributed by atoms with van der Waals surface area (Å²) in [6.07, 6.45) is -14.8. The molecular formula is C8H12F6O. The predicted molar refractivity (Wildman–Crippen MR) is 41.3 cm³/mol. The summed E-state index contributed by atoms with van der Waals surface area (Å²) in [7, 11) is 0. The van der Waals surface area contributed by atoms with Gasteiger partial charge < -0.3 is 4.74 Å². The molecule has 0 aromatic rings. The highest BCUT2D eigenvalue weighted by atomic mass is 19.4. The molecule has 0 aromatic carbocycles. The van der Waals surface area contributed by atoms with E-state index >= 15 is 0 Å². The Morgan fingerprint density at radius 1 is 1.00 bits per heavy atom. The van der Waals surface area contributed by atoms with E-state index in [1.54, 1.807) is 0 Å². The van der Waals surface area contributed by atoms with E-state index in [1.807, 2.05) is 0 Å². The maximum Gasteiger partial charge on any atom is 0.428 e. The van der Waals surface area contributed by atoms with E-state index in [9.17, 15) is 26.3 Å². The van der Waals surface area contributed by atoms with Gasteiger partial charge in [-0.2, -0.15) is 22.0 Å². The van der Waals surface area contributed by atoms with E-state index in [0.29, 0.717) is 0 Å². The van der Waals surface area contributed by atoms with Crippen molar-refractivity contribution < 1.29 is 31.1 Å². The number of hydrogen-bond donors (Lipinski definition) is 0. The summed E-state index contributed by atoms with van der Waals surface area (Å²) < 4.78 is 75.9. The Balaban J connectivity index is 4.43. The van der Waals surface area contributed by atoms with Gasteiger partial charge in [0.1, 0.15) is 0 Å². The molecule has 0 N–H and O–H groups in total. The molecule has 7 heteroatoms. The Labute approximate surface area is 83.4 Å². The topological polar surface area (TPSA) is 9.23 Å². The van der Waals surface area contributed by atoms with E-state index in [2.05, 4.69) is 4.74 Å². The first-order valence-electron chi connectivity index (χ1n) is 4.09. The van der Waals surface area contributed by atoms with Crippen molar-refractivity contribution in [3.63, 3.8) is 0 Å². The molecule has 1 unspecified atom stereocenters. The second kappa shape index (κ2) is 4.19. The fourth-order valence-electron chi connectivity index (χ4n) is 0.576. The van der Waals surface area contributed by atoms with Gasteiger partial charge >= 0.3 is 12.3 Å². The minimum absolute atomic E-state index is 0.670. The summed E-state index contributed by atoms with van der Waals surface area (Å²) in [6.45, 7) is 3.76. The van der Waals surface area contributed by atoms with Crippen LogP contribution in [-0.4, -0.2) is 25.1 Å². The second-order valence-electron chi connectivity index (χ2n) is 4.32. The van der Waals surface area contributed by atoms with Gasteiger partial charge in [-0.15, -0.1) is 0 Å². The third kappa shape index (κ3) is 5.25. The van der Waals surface area contributed by atoms with Crippen LogP contribution in [0.2, 0.25) is 0 Å². The average Bonchev–Trinajstić information content (AvgIpc) is 1.97. The number of hydrogen-bond acceptors (Lipinski definition) is 1. The summed E-state index contributed by atoms with van der Waals surface area (Å²) in [5.41, 5.74) is -0.769. The van der Waals surface area contributed by atoms with Crippen molar-refractivity contribution in [1.82, 2.24) is 0 Å². The Hall–Kier alpha value is -0.460. The van der Waals surface area contributed by atoms with Gasteiger partial charge in [0.2, 0.25) is 0 Å². The van der Waals surface area contributed by atoms with Crippen LogP contribution in [0.15, 0.2) is 0 Å². The van der Waals surface area contributed by atoms with Crippen molar-refractivity contribution in [2.75, 3.05) is 6.61 Å². The van der Waals surface area contributed by atoms with E-state index in [4.69, 9.17) is 0 Å². The van der Waals surface area contributed by atoms with Crippen molar-refractivity contribution in [2.24, 2.45) is 5.41 Å². The van der Waals surface area contributed by atoms with Crippen LogP contribution in [0.5, 0.6) is 0 Å². The molecule has 1 nitrogen and oxygen atoms in total. The minimum atomic E-state index is -5.62. The zero-order valence-electron chi connectivity index (χ0n) is 8.46. The molecule has 0 radical (unpaired) electrons. The van der Waals surface area contributed by atoms with Gasteiger partial charge in [0.15, 0.2) is 0 Å². The summed E-state index contributed by atoms with van der Waals surface area (Å²) in [6, 6.07) is 0. The zero-order chi connectivity index (χ0) is 12.5. The summed E-state index contributed by atoms with van der Waals surface area (Å²) in [5.74, 6) is 0. The fourth-order valence-corrected chi connectivity index (χ4v) is 0.576. The molecule has 0 rings (SSSR count). The van der Waals surface area contributed by atoms with Crippen LogP contribution in [0.25, 0.3) is 0 Å². The number of ether oxygens (including phenoxy) is 1. The standard InChI is InChI=1S/C8H12F6O/c1-6(2,3)4-15-8(13,14)5(9)7(10,11)12/h5H,4H2,1-3H3. The molecular weight excluding hydrogens is 226 g/mol. The maximum absolute atomic E-state index is 12.5. The van der Waals surface area contributed by atoms with Crippen LogP contribution in [0.1, 0.15) is 20.8 Å². The number of alkyl halides is 6. The van der Waals surface area contributed by atoms with Crippen LogP contribution in [0.3, 0.4) is 0 Å². The summed E-state index contributed by atoms with van der Waals surface area (Å²) in [5, 5.41) is 0. The van der Waals surface area contributed by atoms with Crippen molar-refractivity contribution in [3.8, 4) is 0 Å². The van der Waals surface area contributed by atoms with Crippen LogP contribution in [-0.2, 0) is 4.74 Å². The van der Waals surface area contributed by atoms with Gasteiger partial charge in [0, 0.05) is 0 Å². The molecule has 0 aliphatic carbocycles. The van der Waals surface area contributed by atoms with Gasteiger partial charge in [-0.1, -0.05) is 20.8 Å². The van der Waals surface area contributed by atoms with Crippen molar-refractivity contribution in [3.05, 3.63) is 0 Å². The molecule has 0 bridgehead atoms. The molecule has 1 atom stereocenters. The third-order valence-electron chi connectivity index (χ3n) is 1.28. The molecule has 0 spiro atoms. The molecule has 0 fully saturated rings. The highest BCUT2D eigenvalue weighted by molar-refractivity contribution is 4.76. The normalized spacial score (nSPS) is 16.6. The van der Waals surface area contributed by atoms with E-state index in [-0.39, 0.29) is 0 Å². The first kappa shape index (κ1) is 14.5. The van der Waals surface area contributed by atoms with Crippen LogP contribution >= 0.6 is 0 Å². The second-order valence-corrected chi connectivity index (χ2v) is 4.32. The quantitative estimate of drug-likeness (QED) is 0.683. The van der Waals surface area contributed by atoms with Crippen molar-refractivity contribution in [2.45, 2.75) is 39.2 Å². The van der Waals surface area contributed by atoms with Gasteiger partial charge in [-0.05, 0) is 5.41 Å². The smallest absolute Gasteiger partial charge is 0.317 e. The van der Waals surface area contributed by atoms with Gasteiger partial charge in [0.05, 0.1) is 6.61 Å². The number of rotatable bonds is 3. The minimum Gasteiger partial charge on any atom is -0.317 e. The lowest BCUT2D eigenvalue weighted by Gasteiger charge is -2.26. The van der Waals surface area contributed by atoms with Crippen LogP contribution in [0, 0.1) is 5.41 Å². The lowest BCUT2D eigenvalue weighted by Crippen LogP contribution is -2.44. The highest BCUT2D eigenvalue weighted by Gasteiger charge is 2.58. The Bertz CT molecular complexity index is 204. The average molecular weight is 238 g/mol. The van der Waals surface area contributed by atoms with E-state index < -0.39 is 30.5 Å². The Morgan fingerprint density at radius 3 is 1.67 bits per heavy atom. The van der Waals surface area contributed by atoms with Crippen LogP contribution in [0.4, 0.5) is 26.3 Å². The SMILES string of the molecule is CC(C)(C)COC(F)(F)C(F)C(F)(F)F. The van der Waals surface area contributed by atoms with Gasteiger partial charge in [-0.3, -0.25) is 0 Å². The largest absolute Gasteiger partial charge is 0.428 e. The molecule has 0 aliphatic heterocycles. The molecule has 0 amide bonds. The lowest BCUT2D eigenvalue weighted by molar-refractivity contribution is -0.340. The van der Waals surface area contributed by atoms with E-state index in [1.165, 1.54) is 20.8 Å². The molecule has 15 heavy (non-hydrogen) atoms. The first-order chi connectivity index (χ1) is 6.36. The van der Waals surface area contributed by atoms with Crippen molar-refractivity contribution >= 4 is 0 Å². The van der Waals surface area contributed by atoms with Crippen molar-refractivity contribution in [1.29, 1.82) is 0 Å². The Morgan fingerprint density at radius 2 is 1.40 bits per heavy atom. The molecule has 0 aliphatic rings. The van der Waals surface area contributed by atoms with E-state index in [0.717, 1.165) is 0 Å². The number of halogens is 6. The first-order valence-corrected chi connectivity index (χ1v) is 4.09. The molecule has 0 aromatic heterocycles. The lowest BCUT2D eigenvalue weighted by atomic mass is 9.99. The molecule has 0 saturated carbocycles. The van der Waals surface area contributed by atoms with Crippen LogP contribution < -0.4 is 0 Å². The highest BCUT2D eigenvalue weighted by Crippen LogP contribution is 2.36. The third-order valence-corrected chi connectivity index (χ3v) is 1.28. The summed E-state index contributed by atoms with van der Waals surface area (Å²) >= 11 is 0. The predicted octanol–water partition coefficient (Wildman–Crippen LogP) is 3.54. The molecule has 92 valence electrons. The van der Waals surface area contributed by atoms with Gasteiger partial charge in [-0.25, -0.2) is 4.39 Å². The summed E-state index contributed by atoms with van der Waals surface area (Å²) in [4.78, 5) is 0. The fraction of sp³-hybridized carbons (Fsp3) is 1.00. The Kier molecular flexibility index (Phi) is 4.06. The monoisotopic (exact) mass is 238 g/mol. The van der Waals surface area contributed by atoms with Gasteiger partial charge in [0.25, 0.3) is 6.17 Å².